The molecule has 7 heteroatoms. The van der Waals surface area contributed by atoms with Gasteiger partial charge in [0.15, 0.2) is 5.76 Å². The number of carbonyl (C=O) groups excluding carboxylic acids is 1. The maximum atomic E-state index is 12.4. The third-order valence-corrected chi connectivity index (χ3v) is 5.61. The highest BCUT2D eigenvalue weighted by Gasteiger charge is 2.14. The number of nitrogens with one attached hydrogen (secondary N) is 1. The van der Waals surface area contributed by atoms with E-state index in [0.29, 0.717) is 22.2 Å². The van der Waals surface area contributed by atoms with Crippen LogP contribution in [-0.2, 0) is 23.1 Å². The van der Waals surface area contributed by atoms with Crippen molar-refractivity contribution in [1.82, 2.24) is 5.32 Å². The van der Waals surface area contributed by atoms with Gasteiger partial charge in [0.25, 0.3) is 5.91 Å². The molecule has 1 atom stereocenters. The lowest BCUT2D eigenvalue weighted by molar-refractivity contribution is 0.0921. The van der Waals surface area contributed by atoms with Crippen molar-refractivity contribution in [3.8, 4) is 0 Å². The molecule has 0 radical (unpaired) electrons. The minimum Gasteiger partial charge on any atom is -0.455 e. The SMILES string of the molecule is O=C(NCc1cccc(Br)c1)c1ccc(C[S@@](=O)c2cccc(Cl)c2)o1. The van der Waals surface area contributed by atoms with Gasteiger partial charge in [0.05, 0.1) is 16.6 Å². The number of rotatable bonds is 6. The highest BCUT2D eigenvalue weighted by atomic mass is 79.9. The van der Waals surface area contributed by atoms with E-state index < -0.39 is 10.8 Å². The lowest BCUT2D eigenvalue weighted by Gasteiger charge is -2.04. The minimum absolute atomic E-state index is 0.180. The van der Waals surface area contributed by atoms with E-state index >= 15 is 0 Å². The molecular formula is C19H15BrClNO3S. The van der Waals surface area contributed by atoms with Gasteiger partial charge < -0.3 is 9.73 Å². The third kappa shape index (κ3) is 5.06. The van der Waals surface area contributed by atoms with Crippen LogP contribution >= 0.6 is 27.5 Å². The van der Waals surface area contributed by atoms with E-state index in [2.05, 4.69) is 21.2 Å². The van der Waals surface area contributed by atoms with Crippen LogP contribution in [0.5, 0.6) is 0 Å². The van der Waals surface area contributed by atoms with Crippen molar-refractivity contribution in [3.63, 3.8) is 0 Å². The van der Waals surface area contributed by atoms with Crippen LogP contribution < -0.4 is 5.32 Å². The number of benzene rings is 2. The van der Waals surface area contributed by atoms with Crippen molar-refractivity contribution in [3.05, 3.63) is 87.2 Å². The van der Waals surface area contributed by atoms with Crippen molar-refractivity contribution >= 4 is 44.2 Å². The number of carbonyl (C=O) groups is 1. The van der Waals surface area contributed by atoms with Crippen molar-refractivity contribution in [2.75, 3.05) is 0 Å². The fraction of sp³-hybridized carbons (Fsp3) is 0.105. The van der Waals surface area contributed by atoms with Gasteiger partial charge in [-0.05, 0) is 48.0 Å². The minimum atomic E-state index is -1.30. The molecule has 1 amide bonds. The number of hydrogen-bond acceptors (Lipinski definition) is 3. The Kier molecular flexibility index (Phi) is 6.29. The molecule has 0 aliphatic heterocycles. The molecule has 0 saturated carbocycles. The molecule has 0 unspecified atom stereocenters. The average molecular weight is 453 g/mol. The van der Waals surface area contributed by atoms with Gasteiger partial charge in [-0.25, -0.2) is 0 Å². The first-order valence-electron chi connectivity index (χ1n) is 7.76. The summed E-state index contributed by atoms with van der Waals surface area (Å²) in [7, 11) is -1.30. The van der Waals surface area contributed by atoms with E-state index in [0.717, 1.165) is 10.0 Å². The fourth-order valence-electron chi connectivity index (χ4n) is 2.32. The molecule has 2 aromatic carbocycles. The van der Waals surface area contributed by atoms with Crippen molar-refractivity contribution < 1.29 is 13.4 Å². The molecule has 0 aliphatic rings. The maximum Gasteiger partial charge on any atom is 0.287 e. The molecule has 1 N–H and O–H groups in total. The van der Waals surface area contributed by atoms with E-state index in [1.165, 1.54) is 0 Å². The zero-order chi connectivity index (χ0) is 18.5. The molecule has 0 saturated heterocycles. The predicted molar refractivity (Wildman–Crippen MR) is 106 cm³/mol. The molecule has 3 aromatic rings. The molecule has 26 heavy (non-hydrogen) atoms. The highest BCUT2D eigenvalue weighted by Crippen LogP contribution is 2.18. The second kappa shape index (κ2) is 8.66. The molecule has 0 bridgehead atoms. The van der Waals surface area contributed by atoms with E-state index in [9.17, 15) is 9.00 Å². The first-order chi connectivity index (χ1) is 12.5. The smallest absolute Gasteiger partial charge is 0.287 e. The Balaban J connectivity index is 1.60. The van der Waals surface area contributed by atoms with E-state index in [1.807, 2.05) is 24.3 Å². The maximum absolute atomic E-state index is 12.4. The number of furan rings is 1. The van der Waals surface area contributed by atoms with E-state index in [4.69, 9.17) is 16.0 Å². The summed E-state index contributed by atoms with van der Waals surface area (Å²) in [5, 5.41) is 3.33. The van der Waals surface area contributed by atoms with Crippen molar-refractivity contribution in [1.29, 1.82) is 0 Å². The van der Waals surface area contributed by atoms with Gasteiger partial charge >= 0.3 is 0 Å². The van der Waals surface area contributed by atoms with Gasteiger partial charge in [0.1, 0.15) is 5.76 Å². The van der Waals surface area contributed by atoms with Crippen molar-refractivity contribution in [2.45, 2.75) is 17.2 Å². The zero-order valence-electron chi connectivity index (χ0n) is 13.6. The molecule has 0 aliphatic carbocycles. The van der Waals surface area contributed by atoms with Gasteiger partial charge in [-0.2, -0.15) is 0 Å². The number of halogens is 2. The van der Waals surface area contributed by atoms with E-state index in [1.54, 1.807) is 36.4 Å². The summed E-state index contributed by atoms with van der Waals surface area (Å²) in [6.45, 7) is 0.392. The van der Waals surface area contributed by atoms with Crippen LogP contribution in [0.3, 0.4) is 0 Å². The molecule has 4 nitrogen and oxygen atoms in total. The molecule has 0 fully saturated rings. The van der Waals surface area contributed by atoms with Crippen LogP contribution in [0.4, 0.5) is 0 Å². The molecule has 134 valence electrons. The largest absolute Gasteiger partial charge is 0.455 e. The standard InChI is InChI=1S/C19H15BrClNO3S/c20-14-4-1-3-13(9-14)11-22-19(23)18-8-7-16(25-18)12-26(24)17-6-2-5-15(21)10-17/h1-10H,11-12H2,(H,22,23)/t26-/m1/s1. The summed E-state index contributed by atoms with van der Waals surface area (Å²) >= 11 is 9.31. The van der Waals surface area contributed by atoms with Gasteiger partial charge in [0, 0.05) is 20.9 Å². The average Bonchev–Trinajstić information content (AvgIpc) is 3.08. The lowest BCUT2D eigenvalue weighted by Crippen LogP contribution is -2.22. The third-order valence-electron chi connectivity index (χ3n) is 3.56. The van der Waals surface area contributed by atoms with Gasteiger partial charge in [-0.3, -0.25) is 9.00 Å². The Bertz CT molecular complexity index is 957. The van der Waals surface area contributed by atoms with Crippen molar-refractivity contribution in [2.24, 2.45) is 0 Å². The number of amides is 1. The van der Waals surface area contributed by atoms with Crippen LogP contribution in [0.1, 0.15) is 21.9 Å². The Morgan fingerprint density at radius 2 is 1.92 bits per heavy atom. The summed E-state index contributed by atoms with van der Waals surface area (Å²) in [6, 6.07) is 17.8. The first kappa shape index (κ1) is 18.9. The first-order valence-corrected chi connectivity index (χ1v) is 10.3. The summed E-state index contributed by atoms with van der Waals surface area (Å²) in [6.07, 6.45) is 0. The topological polar surface area (TPSA) is 59.3 Å². The second-order valence-electron chi connectivity index (χ2n) is 5.53. The van der Waals surface area contributed by atoms with Crippen LogP contribution in [0, 0.1) is 0 Å². The Morgan fingerprint density at radius 3 is 2.69 bits per heavy atom. The molecule has 1 heterocycles. The molecule has 0 spiro atoms. The van der Waals surface area contributed by atoms with Crippen LogP contribution in [0.15, 0.2) is 74.4 Å². The van der Waals surface area contributed by atoms with Gasteiger partial charge in [0.2, 0.25) is 0 Å². The Hall–Kier alpha value is -1.89. The Morgan fingerprint density at radius 1 is 1.12 bits per heavy atom. The summed E-state index contributed by atoms with van der Waals surface area (Å²) in [5.41, 5.74) is 0.974. The van der Waals surface area contributed by atoms with Gasteiger partial charge in [-0.15, -0.1) is 0 Å². The fourth-order valence-corrected chi connectivity index (χ4v) is 4.09. The summed E-state index contributed by atoms with van der Waals surface area (Å²) in [5.74, 6) is 0.540. The predicted octanol–water partition coefficient (Wildman–Crippen LogP) is 4.93. The highest BCUT2D eigenvalue weighted by molar-refractivity contribution is 9.10. The molecule has 3 rings (SSSR count). The molecular weight excluding hydrogens is 438 g/mol. The monoisotopic (exact) mass is 451 g/mol. The van der Waals surface area contributed by atoms with Gasteiger partial charge in [-0.1, -0.05) is 45.7 Å². The zero-order valence-corrected chi connectivity index (χ0v) is 16.7. The van der Waals surface area contributed by atoms with Crippen LogP contribution in [0.25, 0.3) is 0 Å². The quantitative estimate of drug-likeness (QED) is 0.577. The normalized spacial score (nSPS) is 11.9. The van der Waals surface area contributed by atoms with Crippen LogP contribution in [0.2, 0.25) is 5.02 Å². The number of hydrogen-bond donors (Lipinski definition) is 1. The van der Waals surface area contributed by atoms with Crippen LogP contribution in [-0.4, -0.2) is 10.1 Å². The van der Waals surface area contributed by atoms with E-state index in [-0.39, 0.29) is 17.4 Å². The summed E-state index contributed by atoms with van der Waals surface area (Å²) in [4.78, 5) is 12.8. The second-order valence-corrected chi connectivity index (χ2v) is 8.33. The molecule has 1 aromatic heterocycles. The Labute approximate surface area is 167 Å². The summed E-state index contributed by atoms with van der Waals surface area (Å²) < 4.78 is 18.9. The lowest BCUT2D eigenvalue weighted by atomic mass is 10.2.